The van der Waals surface area contributed by atoms with Crippen LogP contribution in [0.25, 0.3) is 10.7 Å². The van der Waals surface area contributed by atoms with Gasteiger partial charge in [0.25, 0.3) is 0 Å². The summed E-state index contributed by atoms with van der Waals surface area (Å²) in [7, 11) is 0. The summed E-state index contributed by atoms with van der Waals surface area (Å²) in [5.74, 6) is 3.31. The summed E-state index contributed by atoms with van der Waals surface area (Å²) in [5.41, 5.74) is 0. The molecule has 3 aliphatic rings. The molecule has 2 aliphatic carbocycles. The zero-order valence-corrected chi connectivity index (χ0v) is 18.3. The Labute approximate surface area is 179 Å². The zero-order chi connectivity index (χ0) is 20.0. The first kappa shape index (κ1) is 19.3. The summed E-state index contributed by atoms with van der Waals surface area (Å²) in [5, 5.41) is 11.8. The predicted octanol–water partition coefficient (Wildman–Crippen LogP) is 4.24. The Morgan fingerprint density at radius 1 is 1.34 bits per heavy atom. The number of rotatable bonds is 6. The van der Waals surface area contributed by atoms with E-state index in [1.165, 1.54) is 42.3 Å². The lowest BCUT2D eigenvalue weighted by atomic mass is 9.84. The summed E-state index contributed by atoms with van der Waals surface area (Å²) >= 11 is 3.09. The van der Waals surface area contributed by atoms with E-state index in [1.54, 1.807) is 11.3 Å². The number of imide groups is 1. The van der Waals surface area contributed by atoms with Crippen molar-refractivity contribution >= 4 is 34.9 Å². The van der Waals surface area contributed by atoms with Crippen LogP contribution >= 0.6 is 23.1 Å². The monoisotopic (exact) mass is 430 g/mol. The third-order valence-corrected chi connectivity index (χ3v) is 8.72. The summed E-state index contributed by atoms with van der Waals surface area (Å²) in [6, 6.07) is 4.43. The highest BCUT2D eigenvalue weighted by Crippen LogP contribution is 2.53. The van der Waals surface area contributed by atoms with Crippen LogP contribution in [-0.2, 0) is 9.59 Å². The average molecular weight is 431 g/mol. The van der Waals surface area contributed by atoms with Crippen LogP contribution < -0.4 is 0 Å². The second-order valence-electron chi connectivity index (χ2n) is 8.56. The maximum Gasteiger partial charge on any atom is 0.239 e. The molecule has 4 atom stereocenters. The van der Waals surface area contributed by atoms with E-state index in [2.05, 4.69) is 33.1 Å². The smallest absolute Gasteiger partial charge is 0.239 e. The standard InChI is InChI=1S/C21H26N4O2S2/c1-13(16-11-14-6-7-15(16)10-14)25-20(17-4-3-9-28-17)22-23-21(25)29-12-19(27)24-8-2-5-18(24)26/h3-4,9,13-16H,2,5-8,10-12H2,1H3/t13-,14-,15-,16+/m0/s1. The second kappa shape index (κ2) is 7.87. The Morgan fingerprint density at radius 2 is 2.24 bits per heavy atom. The first-order chi connectivity index (χ1) is 14.1. The van der Waals surface area contributed by atoms with Crippen LogP contribution in [0.3, 0.4) is 0 Å². The normalized spacial score (nSPS) is 27.1. The molecule has 0 aromatic carbocycles. The van der Waals surface area contributed by atoms with Crippen LogP contribution in [-0.4, -0.2) is 43.8 Å². The van der Waals surface area contributed by atoms with Crippen LogP contribution in [0, 0.1) is 17.8 Å². The van der Waals surface area contributed by atoms with E-state index in [-0.39, 0.29) is 17.6 Å². The Balaban J connectivity index is 1.39. The number of thioether (sulfide) groups is 1. The molecule has 0 N–H and O–H groups in total. The minimum absolute atomic E-state index is 0.0494. The first-order valence-corrected chi connectivity index (χ1v) is 12.4. The number of nitrogens with zero attached hydrogens (tertiary/aromatic N) is 4. The van der Waals surface area contributed by atoms with Crippen molar-refractivity contribution in [1.82, 2.24) is 19.7 Å². The highest BCUT2D eigenvalue weighted by Gasteiger charge is 2.43. The molecule has 154 valence electrons. The van der Waals surface area contributed by atoms with Gasteiger partial charge in [-0.1, -0.05) is 24.2 Å². The SMILES string of the molecule is C[C@@H]([C@H]1C[C@H]2CC[C@H]1C2)n1c(SCC(=O)N2CCCC2=O)nnc1-c1cccs1. The molecule has 2 aromatic rings. The highest BCUT2D eigenvalue weighted by molar-refractivity contribution is 7.99. The number of aromatic nitrogens is 3. The largest absolute Gasteiger partial charge is 0.298 e. The van der Waals surface area contributed by atoms with Crippen molar-refractivity contribution in [3.05, 3.63) is 17.5 Å². The Kier molecular flexibility index (Phi) is 5.24. The quantitative estimate of drug-likeness (QED) is 0.641. The Hall–Kier alpha value is -1.67. The second-order valence-corrected chi connectivity index (χ2v) is 10.5. The minimum Gasteiger partial charge on any atom is -0.298 e. The maximum absolute atomic E-state index is 12.5. The van der Waals surface area contributed by atoms with E-state index in [9.17, 15) is 9.59 Å². The van der Waals surface area contributed by atoms with Gasteiger partial charge in [0.2, 0.25) is 11.8 Å². The number of likely N-dealkylation sites (tertiary alicyclic amines) is 1. The summed E-state index contributed by atoms with van der Waals surface area (Å²) < 4.78 is 2.26. The molecule has 2 bridgehead atoms. The van der Waals surface area contributed by atoms with Gasteiger partial charge in [-0.2, -0.15) is 0 Å². The lowest BCUT2D eigenvalue weighted by molar-refractivity contribution is -0.140. The fraction of sp³-hybridized carbons (Fsp3) is 0.619. The number of hydrogen-bond acceptors (Lipinski definition) is 6. The third-order valence-electron chi connectivity index (χ3n) is 6.92. The fourth-order valence-corrected chi connectivity index (χ4v) is 7.11. The van der Waals surface area contributed by atoms with Gasteiger partial charge in [0.15, 0.2) is 11.0 Å². The van der Waals surface area contributed by atoms with E-state index < -0.39 is 0 Å². The van der Waals surface area contributed by atoms with Crippen molar-refractivity contribution < 1.29 is 9.59 Å². The molecule has 0 radical (unpaired) electrons. The van der Waals surface area contributed by atoms with Crippen molar-refractivity contribution in [2.45, 2.75) is 56.6 Å². The van der Waals surface area contributed by atoms with Gasteiger partial charge >= 0.3 is 0 Å². The molecule has 29 heavy (non-hydrogen) atoms. The summed E-state index contributed by atoms with van der Waals surface area (Å²) in [4.78, 5) is 26.9. The molecule has 1 saturated heterocycles. The molecule has 1 aliphatic heterocycles. The van der Waals surface area contributed by atoms with Crippen LogP contribution in [0.1, 0.15) is 51.5 Å². The molecule has 0 spiro atoms. The molecule has 2 amide bonds. The summed E-state index contributed by atoms with van der Waals surface area (Å²) in [6.07, 6.45) is 6.64. The Morgan fingerprint density at radius 3 is 2.90 bits per heavy atom. The topological polar surface area (TPSA) is 68.1 Å². The molecular weight excluding hydrogens is 404 g/mol. The van der Waals surface area contributed by atoms with Gasteiger partial charge in [0, 0.05) is 19.0 Å². The van der Waals surface area contributed by atoms with Gasteiger partial charge in [-0.05, 0) is 61.8 Å². The van der Waals surface area contributed by atoms with E-state index in [4.69, 9.17) is 0 Å². The van der Waals surface area contributed by atoms with Crippen LogP contribution in [0.2, 0.25) is 0 Å². The number of fused-ring (bicyclic) bond motifs is 2. The molecular formula is C21H26N4O2S2. The lowest BCUT2D eigenvalue weighted by Gasteiger charge is -2.30. The van der Waals surface area contributed by atoms with Gasteiger partial charge in [-0.3, -0.25) is 19.1 Å². The van der Waals surface area contributed by atoms with E-state index in [1.807, 2.05) is 6.07 Å². The van der Waals surface area contributed by atoms with Crippen molar-refractivity contribution in [2.75, 3.05) is 12.3 Å². The molecule has 2 aromatic heterocycles. The van der Waals surface area contributed by atoms with Crippen LogP contribution in [0.4, 0.5) is 0 Å². The number of carbonyl (C=O) groups is 2. The lowest BCUT2D eigenvalue weighted by Crippen LogP contribution is -2.33. The summed E-state index contributed by atoms with van der Waals surface area (Å²) in [6.45, 7) is 2.84. The Bertz CT molecular complexity index is 910. The molecule has 0 unspecified atom stereocenters. The van der Waals surface area contributed by atoms with Gasteiger partial charge in [0.1, 0.15) is 0 Å². The number of hydrogen-bond donors (Lipinski definition) is 0. The number of thiophene rings is 1. The molecule has 5 rings (SSSR count). The minimum atomic E-state index is -0.114. The van der Waals surface area contributed by atoms with E-state index in [0.717, 1.165) is 34.1 Å². The van der Waals surface area contributed by atoms with Crippen molar-refractivity contribution in [2.24, 2.45) is 17.8 Å². The molecule has 2 saturated carbocycles. The van der Waals surface area contributed by atoms with Crippen molar-refractivity contribution in [3.8, 4) is 10.7 Å². The maximum atomic E-state index is 12.5. The van der Waals surface area contributed by atoms with Crippen LogP contribution in [0.5, 0.6) is 0 Å². The average Bonchev–Trinajstić information content (AvgIpc) is 3.53. The van der Waals surface area contributed by atoms with Gasteiger partial charge in [0.05, 0.1) is 10.6 Å². The first-order valence-electron chi connectivity index (χ1n) is 10.6. The van der Waals surface area contributed by atoms with Gasteiger partial charge < -0.3 is 0 Å². The van der Waals surface area contributed by atoms with Crippen molar-refractivity contribution in [1.29, 1.82) is 0 Å². The molecule has 3 fully saturated rings. The highest BCUT2D eigenvalue weighted by atomic mass is 32.2. The predicted molar refractivity (Wildman–Crippen MR) is 114 cm³/mol. The number of carbonyl (C=O) groups excluding carboxylic acids is 2. The molecule has 8 heteroatoms. The molecule has 6 nitrogen and oxygen atoms in total. The number of amides is 2. The third kappa shape index (κ3) is 3.54. The van der Waals surface area contributed by atoms with Crippen molar-refractivity contribution in [3.63, 3.8) is 0 Å². The fourth-order valence-electron chi connectivity index (χ4n) is 5.51. The van der Waals surface area contributed by atoms with Gasteiger partial charge in [-0.25, -0.2) is 0 Å². The van der Waals surface area contributed by atoms with E-state index in [0.29, 0.717) is 24.9 Å². The van der Waals surface area contributed by atoms with Gasteiger partial charge in [-0.15, -0.1) is 21.5 Å². The van der Waals surface area contributed by atoms with E-state index >= 15 is 0 Å². The zero-order valence-electron chi connectivity index (χ0n) is 16.6. The van der Waals surface area contributed by atoms with Crippen LogP contribution in [0.15, 0.2) is 22.7 Å². The molecule has 3 heterocycles.